The van der Waals surface area contributed by atoms with Crippen molar-refractivity contribution in [1.29, 1.82) is 0 Å². The number of anilines is 3. The van der Waals surface area contributed by atoms with Gasteiger partial charge in [-0.1, -0.05) is 0 Å². The van der Waals surface area contributed by atoms with E-state index in [-0.39, 0.29) is 29.0 Å². The maximum Gasteiger partial charge on any atom is 0.269 e. The van der Waals surface area contributed by atoms with Crippen LogP contribution in [0.1, 0.15) is 5.56 Å². The largest absolute Gasteiger partial charge is 0.368 e. The van der Waals surface area contributed by atoms with Gasteiger partial charge in [0, 0.05) is 30.6 Å². The summed E-state index contributed by atoms with van der Waals surface area (Å²) in [4.78, 5) is 20.4. The first-order valence-electron chi connectivity index (χ1n) is 5.78. The smallest absolute Gasteiger partial charge is 0.269 e. The summed E-state index contributed by atoms with van der Waals surface area (Å²) in [5.41, 5.74) is 7.57. The lowest BCUT2D eigenvalue weighted by molar-refractivity contribution is -0.384. The van der Waals surface area contributed by atoms with Gasteiger partial charge in [-0.3, -0.25) is 10.1 Å². The number of hydrogen-bond donors (Lipinski definition) is 1. The van der Waals surface area contributed by atoms with Gasteiger partial charge in [-0.25, -0.2) is 4.98 Å². The fourth-order valence-electron chi connectivity index (χ4n) is 2.25. The van der Waals surface area contributed by atoms with Gasteiger partial charge in [-0.15, -0.1) is 12.4 Å². The van der Waals surface area contributed by atoms with Crippen LogP contribution in [-0.4, -0.2) is 21.4 Å². The van der Waals surface area contributed by atoms with E-state index < -0.39 is 0 Å². The van der Waals surface area contributed by atoms with Crippen molar-refractivity contribution in [1.82, 2.24) is 9.97 Å². The number of non-ortho nitro benzene ring substituents is 1. The van der Waals surface area contributed by atoms with Gasteiger partial charge >= 0.3 is 0 Å². The number of nitro benzene ring substituents is 1. The van der Waals surface area contributed by atoms with Crippen molar-refractivity contribution in [3.8, 4) is 0 Å². The van der Waals surface area contributed by atoms with Gasteiger partial charge < -0.3 is 10.6 Å². The molecule has 7 nitrogen and oxygen atoms in total. The predicted octanol–water partition coefficient (Wildman–Crippen LogP) is 2.08. The molecule has 0 bridgehead atoms. The number of nitro groups is 1. The zero-order chi connectivity index (χ0) is 13.4. The minimum absolute atomic E-state index is 0. The Morgan fingerprint density at radius 3 is 2.85 bits per heavy atom. The number of nitrogens with zero attached hydrogens (tertiary/aromatic N) is 4. The van der Waals surface area contributed by atoms with Gasteiger partial charge in [0.05, 0.1) is 4.92 Å². The predicted molar refractivity (Wildman–Crippen MR) is 77.5 cm³/mol. The highest BCUT2D eigenvalue weighted by atomic mass is 35.5. The first kappa shape index (κ1) is 14.0. The number of hydrogen-bond acceptors (Lipinski definition) is 6. The Morgan fingerprint density at radius 2 is 2.15 bits per heavy atom. The third-order valence-electron chi connectivity index (χ3n) is 3.11. The Morgan fingerprint density at radius 1 is 1.35 bits per heavy atom. The average Bonchev–Trinajstić information content (AvgIpc) is 2.81. The van der Waals surface area contributed by atoms with Crippen LogP contribution < -0.4 is 10.6 Å². The molecular weight excluding hydrogens is 282 g/mol. The number of nitrogen functional groups attached to an aromatic ring is 1. The molecule has 2 aromatic rings. The van der Waals surface area contributed by atoms with E-state index in [1.165, 1.54) is 6.07 Å². The summed E-state index contributed by atoms with van der Waals surface area (Å²) in [6.45, 7) is 0.729. The number of fused-ring (bicyclic) bond motifs is 1. The monoisotopic (exact) mass is 293 g/mol. The van der Waals surface area contributed by atoms with Crippen molar-refractivity contribution in [3.05, 3.63) is 46.1 Å². The fraction of sp³-hybridized carbons (Fsp3) is 0.167. The number of rotatable bonds is 2. The molecule has 1 aromatic heterocycles. The molecule has 0 fully saturated rings. The van der Waals surface area contributed by atoms with Crippen LogP contribution in [0.25, 0.3) is 0 Å². The zero-order valence-corrected chi connectivity index (χ0v) is 11.2. The van der Waals surface area contributed by atoms with Gasteiger partial charge in [0.25, 0.3) is 5.69 Å². The van der Waals surface area contributed by atoms with E-state index in [9.17, 15) is 10.1 Å². The molecule has 0 saturated carbocycles. The van der Waals surface area contributed by atoms with Gasteiger partial charge in [-0.05, 0) is 24.1 Å². The van der Waals surface area contributed by atoms with Crippen molar-refractivity contribution in [2.45, 2.75) is 6.42 Å². The molecule has 3 rings (SSSR count). The van der Waals surface area contributed by atoms with Crippen LogP contribution in [0.15, 0.2) is 30.5 Å². The maximum atomic E-state index is 10.8. The zero-order valence-electron chi connectivity index (χ0n) is 10.4. The third kappa shape index (κ3) is 2.35. The van der Waals surface area contributed by atoms with Crippen LogP contribution in [0, 0.1) is 10.1 Å². The van der Waals surface area contributed by atoms with Crippen molar-refractivity contribution in [2.75, 3.05) is 17.2 Å². The SMILES string of the molecule is Cl.Nc1nccc(N2CCc3cc([N+](=O)[O-])ccc32)n1. The van der Waals surface area contributed by atoms with E-state index in [1.807, 2.05) is 4.90 Å². The molecule has 2 heterocycles. The maximum absolute atomic E-state index is 10.8. The van der Waals surface area contributed by atoms with E-state index in [0.717, 1.165) is 24.2 Å². The molecule has 0 unspecified atom stereocenters. The lowest BCUT2D eigenvalue weighted by atomic mass is 10.1. The van der Waals surface area contributed by atoms with Crippen molar-refractivity contribution in [3.63, 3.8) is 0 Å². The number of halogens is 1. The minimum atomic E-state index is -0.383. The van der Waals surface area contributed by atoms with Crippen LogP contribution >= 0.6 is 12.4 Å². The molecule has 1 aliphatic rings. The molecule has 2 N–H and O–H groups in total. The Hall–Kier alpha value is -2.41. The molecule has 104 valence electrons. The Kier molecular flexibility index (Phi) is 3.71. The Balaban J connectivity index is 0.00000147. The topological polar surface area (TPSA) is 98.2 Å². The van der Waals surface area contributed by atoms with Crippen LogP contribution in [0.5, 0.6) is 0 Å². The lowest BCUT2D eigenvalue weighted by Crippen LogP contribution is -2.15. The summed E-state index contributed by atoms with van der Waals surface area (Å²) in [6.07, 6.45) is 2.35. The van der Waals surface area contributed by atoms with Gasteiger partial charge in [0.1, 0.15) is 5.82 Å². The second kappa shape index (κ2) is 5.30. The molecule has 20 heavy (non-hydrogen) atoms. The molecule has 0 saturated heterocycles. The summed E-state index contributed by atoms with van der Waals surface area (Å²) in [5, 5.41) is 10.8. The molecule has 0 amide bonds. The average molecular weight is 294 g/mol. The molecule has 0 radical (unpaired) electrons. The van der Waals surface area contributed by atoms with E-state index in [2.05, 4.69) is 9.97 Å². The minimum Gasteiger partial charge on any atom is -0.368 e. The lowest BCUT2D eigenvalue weighted by Gasteiger charge is -2.17. The van der Waals surface area contributed by atoms with Gasteiger partial charge in [0.15, 0.2) is 0 Å². The van der Waals surface area contributed by atoms with E-state index in [1.54, 1.807) is 24.4 Å². The summed E-state index contributed by atoms with van der Waals surface area (Å²) in [7, 11) is 0. The Labute approximate surface area is 121 Å². The quantitative estimate of drug-likeness (QED) is 0.672. The van der Waals surface area contributed by atoms with E-state index >= 15 is 0 Å². The highest BCUT2D eigenvalue weighted by molar-refractivity contribution is 5.85. The van der Waals surface area contributed by atoms with Crippen LogP contribution in [0.4, 0.5) is 23.1 Å². The number of nitrogens with two attached hydrogens (primary N) is 1. The molecule has 0 aliphatic carbocycles. The second-order valence-corrected chi connectivity index (χ2v) is 4.24. The molecule has 8 heteroatoms. The van der Waals surface area contributed by atoms with Crippen LogP contribution in [0.3, 0.4) is 0 Å². The van der Waals surface area contributed by atoms with Crippen molar-refractivity contribution >= 4 is 35.5 Å². The molecule has 0 atom stereocenters. The summed E-state index contributed by atoms with van der Waals surface area (Å²) < 4.78 is 0. The highest BCUT2D eigenvalue weighted by Gasteiger charge is 2.23. The Bertz CT molecular complexity index is 664. The summed E-state index contributed by atoms with van der Waals surface area (Å²) in [5.74, 6) is 0.924. The number of aromatic nitrogens is 2. The van der Waals surface area contributed by atoms with Crippen LogP contribution in [0.2, 0.25) is 0 Å². The number of benzene rings is 1. The first-order chi connectivity index (χ1) is 9.15. The summed E-state index contributed by atoms with van der Waals surface area (Å²) >= 11 is 0. The molecule has 1 aliphatic heterocycles. The van der Waals surface area contributed by atoms with Gasteiger partial charge in [-0.2, -0.15) is 4.98 Å². The van der Waals surface area contributed by atoms with Crippen molar-refractivity contribution < 1.29 is 4.92 Å². The standard InChI is InChI=1S/C12H11N5O2.ClH/c13-12-14-5-3-11(15-12)16-6-4-8-7-9(17(18)19)1-2-10(8)16;/h1-3,5,7H,4,6H2,(H2,13,14,15);1H. The van der Waals surface area contributed by atoms with Gasteiger partial charge in [0.2, 0.25) is 5.95 Å². The van der Waals surface area contributed by atoms with Crippen LogP contribution in [-0.2, 0) is 6.42 Å². The normalized spacial score (nSPS) is 12.7. The van der Waals surface area contributed by atoms with Crippen molar-refractivity contribution in [2.24, 2.45) is 0 Å². The second-order valence-electron chi connectivity index (χ2n) is 4.24. The fourth-order valence-corrected chi connectivity index (χ4v) is 2.25. The highest BCUT2D eigenvalue weighted by Crippen LogP contribution is 2.35. The molecular formula is C12H12ClN5O2. The molecule has 0 spiro atoms. The third-order valence-corrected chi connectivity index (χ3v) is 3.11. The van der Waals surface area contributed by atoms with E-state index in [4.69, 9.17) is 5.73 Å². The first-order valence-corrected chi connectivity index (χ1v) is 5.78. The van der Waals surface area contributed by atoms with E-state index in [0.29, 0.717) is 5.82 Å². The molecule has 1 aromatic carbocycles. The summed E-state index contributed by atoms with van der Waals surface area (Å²) in [6, 6.07) is 6.63.